The van der Waals surface area contributed by atoms with Crippen LogP contribution in [-0.2, 0) is 19.1 Å². The summed E-state index contributed by atoms with van der Waals surface area (Å²) in [5.41, 5.74) is -0.660. The molecule has 7 heteroatoms. The van der Waals surface area contributed by atoms with Crippen LogP contribution in [0.15, 0.2) is 0 Å². The minimum absolute atomic E-state index is 0.343. The van der Waals surface area contributed by atoms with Crippen molar-refractivity contribution in [1.29, 1.82) is 0 Å². The highest BCUT2D eigenvalue weighted by molar-refractivity contribution is 5.92. The lowest BCUT2D eigenvalue weighted by Gasteiger charge is -2.27. The predicted octanol–water partition coefficient (Wildman–Crippen LogP) is 2.67. The lowest BCUT2D eigenvalue weighted by atomic mass is 9.85. The number of carbonyl (C=O) groups is 3. The Kier molecular flexibility index (Phi) is 7.43. The van der Waals surface area contributed by atoms with Gasteiger partial charge in [0, 0.05) is 0 Å². The monoisotopic (exact) mass is 368 g/mol. The van der Waals surface area contributed by atoms with Gasteiger partial charge in [0.25, 0.3) is 0 Å². The smallest absolute Gasteiger partial charge is 0.408 e. The first-order valence-corrected chi connectivity index (χ1v) is 9.73. The van der Waals surface area contributed by atoms with E-state index in [1.165, 1.54) is 6.42 Å². The van der Waals surface area contributed by atoms with Crippen LogP contribution < -0.4 is 10.6 Å². The van der Waals surface area contributed by atoms with E-state index in [-0.39, 0.29) is 0 Å². The molecule has 0 spiro atoms. The molecule has 1 saturated heterocycles. The van der Waals surface area contributed by atoms with Crippen molar-refractivity contribution in [3.63, 3.8) is 0 Å². The van der Waals surface area contributed by atoms with Crippen molar-refractivity contribution in [2.24, 2.45) is 5.92 Å². The van der Waals surface area contributed by atoms with Gasteiger partial charge in [0.15, 0.2) is 0 Å². The Labute approximate surface area is 155 Å². The van der Waals surface area contributed by atoms with E-state index in [1.807, 2.05) is 0 Å². The third-order valence-corrected chi connectivity index (χ3v) is 4.82. The van der Waals surface area contributed by atoms with Gasteiger partial charge < -0.3 is 20.1 Å². The molecule has 148 valence electrons. The zero-order valence-electron chi connectivity index (χ0n) is 16.1. The average molecular weight is 368 g/mol. The molecule has 0 radical (unpaired) electrons. The molecule has 2 N–H and O–H groups in total. The summed E-state index contributed by atoms with van der Waals surface area (Å²) in [6.07, 6.45) is 6.87. The van der Waals surface area contributed by atoms with Crippen molar-refractivity contribution in [2.45, 2.75) is 89.8 Å². The minimum Gasteiger partial charge on any atom is -0.444 e. The number of hydrogen-bond acceptors (Lipinski definition) is 6. The van der Waals surface area contributed by atoms with Gasteiger partial charge in [-0.3, -0.25) is 0 Å². The van der Waals surface area contributed by atoms with E-state index in [2.05, 4.69) is 10.6 Å². The van der Waals surface area contributed by atoms with Gasteiger partial charge >= 0.3 is 18.0 Å². The number of esters is 2. The van der Waals surface area contributed by atoms with Gasteiger partial charge in [-0.2, -0.15) is 0 Å². The van der Waals surface area contributed by atoms with Gasteiger partial charge in [-0.25, -0.2) is 14.4 Å². The van der Waals surface area contributed by atoms with Crippen LogP contribution >= 0.6 is 0 Å². The van der Waals surface area contributed by atoms with E-state index in [0.717, 1.165) is 38.6 Å². The molecule has 7 nitrogen and oxygen atoms in total. The Bertz CT molecular complexity index is 503. The van der Waals surface area contributed by atoms with Crippen molar-refractivity contribution >= 4 is 18.0 Å². The SMILES string of the molecule is CC(C)(C)OC(=O)NC(CC1CCCCC1)C(=O)OC(=O)[C@@H]1CCCN1. The molecule has 2 aliphatic rings. The van der Waals surface area contributed by atoms with Gasteiger partial charge in [0.1, 0.15) is 17.7 Å². The molecule has 26 heavy (non-hydrogen) atoms. The standard InChI is InChI=1S/C19H32N2O5/c1-19(2,3)26-18(24)21-15(12-13-8-5-4-6-9-13)17(23)25-16(22)14-10-7-11-20-14/h13-15,20H,4-12H2,1-3H3,(H,21,24)/t14-,15?/m0/s1. The van der Waals surface area contributed by atoms with Gasteiger partial charge in [0.05, 0.1) is 0 Å². The third kappa shape index (κ3) is 6.94. The molecule has 1 aliphatic heterocycles. The highest BCUT2D eigenvalue weighted by Crippen LogP contribution is 2.27. The summed E-state index contributed by atoms with van der Waals surface area (Å²) < 4.78 is 10.3. The number of rotatable bonds is 5. The Morgan fingerprint density at radius 3 is 2.35 bits per heavy atom. The second kappa shape index (κ2) is 9.35. The van der Waals surface area contributed by atoms with E-state index >= 15 is 0 Å². The van der Waals surface area contributed by atoms with Crippen LogP contribution in [0.5, 0.6) is 0 Å². The number of hydrogen-bond donors (Lipinski definition) is 2. The summed E-state index contributed by atoms with van der Waals surface area (Å²) in [6.45, 7) is 6.03. The maximum absolute atomic E-state index is 12.5. The van der Waals surface area contributed by atoms with Crippen LogP contribution in [0.3, 0.4) is 0 Å². The molecular formula is C19H32N2O5. The Morgan fingerprint density at radius 2 is 1.77 bits per heavy atom. The van der Waals surface area contributed by atoms with Gasteiger partial charge in [-0.1, -0.05) is 32.1 Å². The molecule has 2 atom stereocenters. The zero-order chi connectivity index (χ0) is 19.2. The average Bonchev–Trinajstić information content (AvgIpc) is 3.08. The van der Waals surface area contributed by atoms with E-state index in [1.54, 1.807) is 20.8 Å². The molecule has 1 amide bonds. The molecular weight excluding hydrogens is 336 g/mol. The van der Waals surface area contributed by atoms with Crippen molar-refractivity contribution in [2.75, 3.05) is 6.54 Å². The lowest BCUT2D eigenvalue weighted by molar-refractivity contribution is -0.162. The fourth-order valence-corrected chi connectivity index (χ4v) is 3.55. The first-order valence-electron chi connectivity index (χ1n) is 9.73. The summed E-state index contributed by atoms with van der Waals surface area (Å²) in [5.74, 6) is -0.914. The quantitative estimate of drug-likeness (QED) is 0.572. The lowest BCUT2D eigenvalue weighted by Crippen LogP contribution is -2.47. The zero-order valence-corrected chi connectivity index (χ0v) is 16.1. The molecule has 0 aromatic rings. The van der Waals surface area contributed by atoms with Crippen LogP contribution in [0.1, 0.15) is 72.1 Å². The summed E-state index contributed by atoms with van der Waals surface area (Å²) in [6, 6.07) is -1.30. The Morgan fingerprint density at radius 1 is 1.08 bits per heavy atom. The van der Waals surface area contributed by atoms with Gasteiger partial charge in [0.2, 0.25) is 0 Å². The number of alkyl carbamates (subject to hydrolysis) is 1. The van der Waals surface area contributed by atoms with E-state index in [9.17, 15) is 14.4 Å². The fourth-order valence-electron chi connectivity index (χ4n) is 3.55. The Hall–Kier alpha value is -1.63. The van der Waals surface area contributed by atoms with Crippen LogP contribution in [0.4, 0.5) is 4.79 Å². The minimum atomic E-state index is -0.863. The summed E-state index contributed by atoms with van der Waals surface area (Å²) in [4.78, 5) is 36.8. The van der Waals surface area contributed by atoms with E-state index in [4.69, 9.17) is 9.47 Å². The number of amides is 1. The van der Waals surface area contributed by atoms with Crippen LogP contribution in [0, 0.1) is 5.92 Å². The molecule has 2 fully saturated rings. The Balaban J connectivity index is 1.96. The highest BCUT2D eigenvalue weighted by atomic mass is 16.6. The largest absolute Gasteiger partial charge is 0.444 e. The first kappa shape index (κ1) is 20.7. The second-order valence-corrected chi connectivity index (χ2v) is 8.33. The van der Waals surface area contributed by atoms with Crippen LogP contribution in [0.25, 0.3) is 0 Å². The van der Waals surface area contributed by atoms with Gasteiger partial charge in [-0.05, 0) is 52.5 Å². The van der Waals surface area contributed by atoms with Crippen molar-refractivity contribution < 1.29 is 23.9 Å². The molecule has 1 saturated carbocycles. The van der Waals surface area contributed by atoms with Gasteiger partial charge in [-0.15, -0.1) is 0 Å². The fraction of sp³-hybridized carbons (Fsp3) is 0.842. The molecule has 0 aromatic carbocycles. The number of carbonyl (C=O) groups excluding carboxylic acids is 3. The topological polar surface area (TPSA) is 93.7 Å². The van der Waals surface area contributed by atoms with E-state index in [0.29, 0.717) is 18.8 Å². The number of ether oxygens (including phenoxy) is 2. The number of nitrogens with one attached hydrogen (secondary N) is 2. The summed E-state index contributed by atoms with van der Waals surface area (Å²) in [7, 11) is 0. The normalized spacial score (nSPS) is 22.5. The first-order chi connectivity index (χ1) is 12.2. The van der Waals surface area contributed by atoms with Crippen LogP contribution in [-0.4, -0.2) is 42.3 Å². The van der Waals surface area contributed by atoms with Crippen molar-refractivity contribution in [3.05, 3.63) is 0 Å². The van der Waals surface area contributed by atoms with Crippen molar-refractivity contribution in [3.8, 4) is 0 Å². The molecule has 1 heterocycles. The second-order valence-electron chi connectivity index (χ2n) is 8.33. The molecule has 2 rings (SSSR count). The maximum atomic E-state index is 12.5. The maximum Gasteiger partial charge on any atom is 0.408 e. The molecule has 1 unspecified atom stereocenters. The molecule has 1 aliphatic carbocycles. The van der Waals surface area contributed by atoms with E-state index < -0.39 is 35.7 Å². The highest BCUT2D eigenvalue weighted by Gasteiger charge is 2.32. The predicted molar refractivity (Wildman–Crippen MR) is 96.5 cm³/mol. The molecule has 0 bridgehead atoms. The van der Waals surface area contributed by atoms with Crippen LogP contribution in [0.2, 0.25) is 0 Å². The third-order valence-electron chi connectivity index (χ3n) is 4.82. The molecule has 0 aromatic heterocycles. The summed E-state index contributed by atoms with van der Waals surface area (Å²) >= 11 is 0. The summed E-state index contributed by atoms with van der Waals surface area (Å²) in [5, 5.41) is 5.62. The van der Waals surface area contributed by atoms with Crippen molar-refractivity contribution in [1.82, 2.24) is 10.6 Å².